The van der Waals surface area contributed by atoms with E-state index in [1.165, 1.54) is 6.07 Å². The molecule has 3 rings (SSSR count). The van der Waals surface area contributed by atoms with Gasteiger partial charge in [-0.25, -0.2) is 4.79 Å². The first-order valence-corrected chi connectivity index (χ1v) is 9.83. The first kappa shape index (κ1) is 21.4. The van der Waals surface area contributed by atoms with E-state index < -0.39 is 10.8 Å². The number of nitrogens with two attached hydrogens (primary N) is 1. The maximum atomic E-state index is 12.4. The Morgan fingerprint density at radius 3 is 2.53 bits per heavy atom. The van der Waals surface area contributed by atoms with Crippen molar-refractivity contribution in [2.45, 2.75) is 6.42 Å². The van der Waals surface area contributed by atoms with Gasteiger partial charge in [0.15, 0.2) is 0 Å². The molecule has 2 aromatic carbocycles. The second kappa shape index (κ2) is 9.45. The highest BCUT2D eigenvalue weighted by atomic mass is 35.5. The van der Waals surface area contributed by atoms with Crippen LogP contribution in [0.15, 0.2) is 42.5 Å². The highest BCUT2D eigenvalue weighted by Crippen LogP contribution is 2.31. The number of nitrogens with one attached hydrogen (secondary N) is 1. The summed E-state index contributed by atoms with van der Waals surface area (Å²) in [6.07, 6.45) is 0.573. The molecular weight excluding hydrogens is 410 g/mol. The summed E-state index contributed by atoms with van der Waals surface area (Å²) < 4.78 is 0. The van der Waals surface area contributed by atoms with Crippen molar-refractivity contribution < 1.29 is 14.5 Å². The zero-order valence-electron chi connectivity index (χ0n) is 16.2. The molecule has 0 spiro atoms. The van der Waals surface area contributed by atoms with Crippen molar-refractivity contribution in [3.8, 4) is 0 Å². The molecule has 0 atom stereocenters. The largest absolute Gasteiger partial charge is 0.366 e. The lowest BCUT2D eigenvalue weighted by molar-refractivity contribution is -0.384. The number of hydrogen-bond acceptors (Lipinski definition) is 5. The maximum absolute atomic E-state index is 12.4. The summed E-state index contributed by atoms with van der Waals surface area (Å²) in [4.78, 5) is 38.1. The maximum Gasteiger partial charge on any atom is 0.317 e. The number of benzene rings is 2. The standard InChI is InChI=1S/C20H22ClN5O4/c21-16-4-5-17(18(13-16)26(29)30)24-8-10-25(11-9-24)20(28)23-7-6-14-2-1-3-15(12-14)19(22)27/h1-5,12-13H,6-11H2,(H2,22,27)(H,23,28). The van der Waals surface area contributed by atoms with Crippen molar-refractivity contribution in [3.63, 3.8) is 0 Å². The average Bonchev–Trinajstić information content (AvgIpc) is 2.74. The van der Waals surface area contributed by atoms with E-state index in [-0.39, 0.29) is 11.7 Å². The van der Waals surface area contributed by atoms with Crippen molar-refractivity contribution >= 4 is 34.9 Å². The van der Waals surface area contributed by atoms with Crippen LogP contribution in [0, 0.1) is 10.1 Å². The Kier molecular flexibility index (Phi) is 6.73. The quantitative estimate of drug-likeness (QED) is 0.537. The van der Waals surface area contributed by atoms with Crippen LogP contribution in [0.2, 0.25) is 5.02 Å². The summed E-state index contributed by atoms with van der Waals surface area (Å²) in [6.45, 7) is 2.28. The topological polar surface area (TPSA) is 122 Å². The number of carbonyl (C=O) groups is 2. The molecule has 1 aliphatic heterocycles. The smallest absolute Gasteiger partial charge is 0.317 e. The second-order valence-electron chi connectivity index (χ2n) is 6.91. The van der Waals surface area contributed by atoms with Crippen molar-refractivity contribution in [2.75, 3.05) is 37.6 Å². The average molecular weight is 432 g/mol. The van der Waals surface area contributed by atoms with Crippen molar-refractivity contribution in [1.29, 1.82) is 0 Å². The Morgan fingerprint density at radius 1 is 1.13 bits per heavy atom. The van der Waals surface area contributed by atoms with E-state index in [2.05, 4.69) is 5.32 Å². The molecule has 0 aliphatic carbocycles. The van der Waals surface area contributed by atoms with Gasteiger partial charge in [-0.3, -0.25) is 14.9 Å². The van der Waals surface area contributed by atoms with E-state index in [0.29, 0.717) is 55.4 Å². The zero-order chi connectivity index (χ0) is 21.7. The summed E-state index contributed by atoms with van der Waals surface area (Å²) in [7, 11) is 0. The normalized spacial score (nSPS) is 13.8. The van der Waals surface area contributed by atoms with Crippen LogP contribution >= 0.6 is 11.6 Å². The van der Waals surface area contributed by atoms with Gasteiger partial charge < -0.3 is 20.9 Å². The number of primary amides is 1. The Balaban J connectivity index is 1.51. The van der Waals surface area contributed by atoms with Gasteiger partial charge in [0.05, 0.1) is 4.92 Å². The summed E-state index contributed by atoms with van der Waals surface area (Å²) in [6, 6.07) is 11.4. The highest BCUT2D eigenvalue weighted by Gasteiger charge is 2.25. The number of nitrogens with zero attached hydrogens (tertiary/aromatic N) is 3. The lowest BCUT2D eigenvalue weighted by Crippen LogP contribution is -2.52. The Labute approximate surface area is 178 Å². The van der Waals surface area contributed by atoms with Crippen LogP contribution in [0.4, 0.5) is 16.2 Å². The molecule has 9 nitrogen and oxygen atoms in total. The Hall–Kier alpha value is -3.33. The van der Waals surface area contributed by atoms with Gasteiger partial charge >= 0.3 is 6.03 Å². The number of halogens is 1. The molecule has 3 N–H and O–H groups in total. The van der Waals surface area contributed by atoms with E-state index in [4.69, 9.17) is 17.3 Å². The van der Waals surface area contributed by atoms with Gasteiger partial charge in [0.25, 0.3) is 5.69 Å². The summed E-state index contributed by atoms with van der Waals surface area (Å²) >= 11 is 5.87. The van der Waals surface area contributed by atoms with Gasteiger partial charge in [-0.2, -0.15) is 0 Å². The molecule has 0 bridgehead atoms. The number of nitro groups is 1. The number of nitro benzene ring substituents is 1. The van der Waals surface area contributed by atoms with Crippen LogP contribution in [0.25, 0.3) is 0 Å². The van der Waals surface area contributed by atoms with Crippen LogP contribution in [0.5, 0.6) is 0 Å². The molecule has 0 saturated carbocycles. The molecule has 1 aliphatic rings. The van der Waals surface area contributed by atoms with Crippen molar-refractivity contribution in [3.05, 3.63) is 68.7 Å². The molecule has 1 fully saturated rings. The van der Waals surface area contributed by atoms with Gasteiger partial charge in [0.1, 0.15) is 5.69 Å². The number of piperazine rings is 1. The molecule has 30 heavy (non-hydrogen) atoms. The van der Waals surface area contributed by atoms with Crippen molar-refractivity contribution in [2.24, 2.45) is 5.73 Å². The number of hydrogen-bond donors (Lipinski definition) is 2. The highest BCUT2D eigenvalue weighted by molar-refractivity contribution is 6.30. The van der Waals surface area contributed by atoms with E-state index in [1.54, 1.807) is 35.2 Å². The molecule has 0 unspecified atom stereocenters. The van der Waals surface area contributed by atoms with Gasteiger partial charge in [0, 0.05) is 49.4 Å². The van der Waals surface area contributed by atoms with Gasteiger partial charge in [-0.05, 0) is 36.2 Å². The fourth-order valence-electron chi connectivity index (χ4n) is 3.37. The van der Waals surface area contributed by atoms with Crippen LogP contribution in [0.3, 0.4) is 0 Å². The molecule has 2 aromatic rings. The van der Waals surface area contributed by atoms with E-state index in [0.717, 1.165) is 5.56 Å². The molecule has 0 radical (unpaired) electrons. The van der Waals surface area contributed by atoms with E-state index in [9.17, 15) is 19.7 Å². The Morgan fingerprint density at radius 2 is 1.87 bits per heavy atom. The minimum atomic E-state index is -0.486. The van der Waals surface area contributed by atoms with Crippen molar-refractivity contribution in [1.82, 2.24) is 10.2 Å². The monoisotopic (exact) mass is 431 g/mol. The molecule has 1 heterocycles. The van der Waals surface area contributed by atoms with Gasteiger partial charge in [-0.15, -0.1) is 0 Å². The minimum Gasteiger partial charge on any atom is -0.366 e. The fourth-order valence-corrected chi connectivity index (χ4v) is 3.53. The lowest BCUT2D eigenvalue weighted by atomic mass is 10.1. The SMILES string of the molecule is NC(=O)c1cccc(CCNC(=O)N2CCN(c3ccc(Cl)cc3[N+](=O)[O-])CC2)c1. The zero-order valence-corrected chi connectivity index (χ0v) is 17.0. The van der Waals surface area contributed by atoms with Crippen LogP contribution in [-0.4, -0.2) is 54.5 Å². The third-order valence-corrected chi connectivity index (χ3v) is 5.18. The summed E-state index contributed by atoms with van der Waals surface area (Å²) in [5.74, 6) is -0.486. The Bertz CT molecular complexity index is 960. The van der Waals surface area contributed by atoms with E-state index in [1.807, 2.05) is 11.0 Å². The second-order valence-corrected chi connectivity index (χ2v) is 7.35. The molecule has 0 aromatic heterocycles. The third kappa shape index (κ3) is 5.18. The molecule has 158 valence electrons. The fraction of sp³-hybridized carbons (Fsp3) is 0.300. The number of urea groups is 1. The molecule has 10 heteroatoms. The summed E-state index contributed by atoms with van der Waals surface area (Å²) in [5, 5.41) is 14.5. The number of amides is 3. The first-order chi connectivity index (χ1) is 14.3. The van der Waals surface area contributed by atoms with Crippen LogP contribution in [0.1, 0.15) is 15.9 Å². The van der Waals surface area contributed by atoms with E-state index >= 15 is 0 Å². The predicted molar refractivity (Wildman–Crippen MR) is 114 cm³/mol. The number of anilines is 1. The van der Waals surface area contributed by atoms with Gasteiger partial charge in [0.2, 0.25) is 5.91 Å². The molecule has 3 amide bonds. The molecule has 1 saturated heterocycles. The summed E-state index contributed by atoms with van der Waals surface area (Å²) in [5.41, 5.74) is 7.08. The molecular formula is C20H22ClN5O4. The van der Waals surface area contributed by atoms with Gasteiger partial charge in [-0.1, -0.05) is 23.7 Å². The first-order valence-electron chi connectivity index (χ1n) is 9.45. The number of carbonyl (C=O) groups excluding carboxylic acids is 2. The number of rotatable bonds is 6. The minimum absolute atomic E-state index is 0.0430. The lowest BCUT2D eigenvalue weighted by Gasteiger charge is -2.35. The predicted octanol–water partition coefficient (Wildman–Crippen LogP) is 2.42. The van der Waals surface area contributed by atoms with Crippen LogP contribution in [-0.2, 0) is 6.42 Å². The third-order valence-electron chi connectivity index (χ3n) is 4.94. The van der Waals surface area contributed by atoms with Crippen LogP contribution < -0.4 is 16.0 Å².